The molecule has 1 saturated heterocycles. The molecule has 0 aliphatic carbocycles. The molecular weight excluding hydrogens is 360 g/mol. The second-order valence-electron chi connectivity index (χ2n) is 7.60. The summed E-state index contributed by atoms with van der Waals surface area (Å²) in [7, 11) is 0. The predicted molar refractivity (Wildman–Crippen MR) is 109 cm³/mol. The van der Waals surface area contributed by atoms with Gasteiger partial charge in [-0.25, -0.2) is 0 Å². The Morgan fingerprint density at radius 2 is 2.15 bits per heavy atom. The van der Waals surface area contributed by atoms with Crippen LogP contribution in [0.5, 0.6) is 5.75 Å². The molecule has 2 aromatic carbocycles. The highest BCUT2D eigenvalue weighted by Crippen LogP contribution is 2.30. The number of rotatable bonds is 4. The third-order valence-electron chi connectivity index (χ3n) is 5.61. The van der Waals surface area contributed by atoms with E-state index in [0.717, 1.165) is 42.3 Å². The number of hydrogen-bond acceptors (Lipinski definition) is 3. The van der Waals surface area contributed by atoms with Crippen LogP contribution < -0.4 is 15.0 Å². The van der Waals surface area contributed by atoms with Crippen LogP contribution >= 0.6 is 11.6 Å². The largest absolute Gasteiger partial charge is 0.492 e. The Bertz CT molecular complexity index is 839. The zero-order chi connectivity index (χ0) is 18.8. The summed E-state index contributed by atoms with van der Waals surface area (Å²) in [4.78, 5) is 15.0. The molecule has 1 N–H and O–H groups in total. The van der Waals surface area contributed by atoms with Gasteiger partial charge in [0, 0.05) is 30.3 Å². The lowest BCUT2D eigenvalue weighted by Gasteiger charge is -2.25. The molecule has 27 heavy (non-hydrogen) atoms. The molecular formula is C22H25ClN2O2. The lowest BCUT2D eigenvalue weighted by atomic mass is 9.96. The summed E-state index contributed by atoms with van der Waals surface area (Å²) in [5.74, 6) is 1.36. The molecule has 142 valence electrons. The van der Waals surface area contributed by atoms with Crippen molar-refractivity contribution in [1.29, 1.82) is 0 Å². The maximum absolute atomic E-state index is 12.6. The molecule has 1 fully saturated rings. The molecule has 2 unspecified atom stereocenters. The molecule has 2 atom stereocenters. The first-order valence-corrected chi connectivity index (χ1v) is 9.97. The molecule has 2 aliphatic heterocycles. The number of carbonyl (C=O) groups is 1. The molecule has 4 nitrogen and oxygen atoms in total. The third kappa shape index (κ3) is 4.06. The van der Waals surface area contributed by atoms with Gasteiger partial charge in [0.2, 0.25) is 5.91 Å². The lowest BCUT2D eigenvalue weighted by molar-refractivity contribution is -0.126. The van der Waals surface area contributed by atoms with E-state index in [-0.39, 0.29) is 11.8 Å². The summed E-state index contributed by atoms with van der Waals surface area (Å²) in [5, 5.41) is 3.92. The van der Waals surface area contributed by atoms with Crippen LogP contribution in [0.3, 0.4) is 0 Å². The second kappa shape index (κ2) is 7.81. The maximum atomic E-state index is 12.6. The average Bonchev–Trinajstić information content (AvgIpc) is 3.16. The van der Waals surface area contributed by atoms with Crippen LogP contribution in [0.4, 0.5) is 5.69 Å². The number of hydrogen-bond donors (Lipinski definition) is 1. The van der Waals surface area contributed by atoms with Crippen molar-refractivity contribution in [3.05, 3.63) is 58.6 Å². The van der Waals surface area contributed by atoms with Crippen molar-refractivity contribution < 1.29 is 9.53 Å². The molecule has 2 aromatic rings. The minimum Gasteiger partial charge on any atom is -0.492 e. The lowest BCUT2D eigenvalue weighted by Crippen LogP contribution is -2.39. The van der Waals surface area contributed by atoms with E-state index in [1.807, 2.05) is 36.4 Å². The summed E-state index contributed by atoms with van der Waals surface area (Å²) in [6.07, 6.45) is 1.83. The van der Waals surface area contributed by atoms with Crippen molar-refractivity contribution in [2.75, 3.05) is 31.1 Å². The van der Waals surface area contributed by atoms with Gasteiger partial charge < -0.3 is 15.0 Å². The number of nitrogens with zero attached hydrogens (tertiary/aromatic N) is 1. The summed E-state index contributed by atoms with van der Waals surface area (Å²) in [6, 6.07) is 14.0. The van der Waals surface area contributed by atoms with Gasteiger partial charge in [0.15, 0.2) is 0 Å². The highest BCUT2D eigenvalue weighted by atomic mass is 35.5. The van der Waals surface area contributed by atoms with Gasteiger partial charge in [0.25, 0.3) is 0 Å². The Labute approximate surface area is 165 Å². The minimum atomic E-state index is -0.104. The van der Waals surface area contributed by atoms with E-state index in [1.165, 1.54) is 11.3 Å². The maximum Gasteiger partial charge on any atom is 0.226 e. The fraction of sp³-hybridized carbons (Fsp3) is 0.409. The summed E-state index contributed by atoms with van der Waals surface area (Å²) in [6.45, 7) is 5.24. The zero-order valence-electron chi connectivity index (χ0n) is 15.6. The van der Waals surface area contributed by atoms with Crippen molar-refractivity contribution in [1.82, 2.24) is 5.32 Å². The van der Waals surface area contributed by atoms with Crippen LogP contribution in [0.25, 0.3) is 0 Å². The highest BCUT2D eigenvalue weighted by molar-refractivity contribution is 6.30. The van der Waals surface area contributed by atoms with Gasteiger partial charge in [-0.2, -0.15) is 0 Å². The zero-order valence-corrected chi connectivity index (χ0v) is 16.3. The van der Waals surface area contributed by atoms with Gasteiger partial charge in [-0.05, 0) is 55.0 Å². The van der Waals surface area contributed by atoms with E-state index in [4.69, 9.17) is 16.3 Å². The van der Waals surface area contributed by atoms with E-state index in [1.54, 1.807) is 0 Å². The van der Waals surface area contributed by atoms with Crippen molar-refractivity contribution in [3.8, 4) is 5.75 Å². The normalized spacial score (nSPS) is 21.5. The van der Waals surface area contributed by atoms with Crippen LogP contribution in [-0.2, 0) is 11.2 Å². The quantitative estimate of drug-likeness (QED) is 0.870. The number of benzene rings is 2. The van der Waals surface area contributed by atoms with Gasteiger partial charge >= 0.3 is 0 Å². The van der Waals surface area contributed by atoms with Gasteiger partial charge in [0.05, 0.1) is 5.92 Å². The number of halogens is 1. The first kappa shape index (κ1) is 18.2. The van der Waals surface area contributed by atoms with Crippen molar-refractivity contribution in [3.63, 3.8) is 0 Å². The van der Waals surface area contributed by atoms with Crippen LogP contribution in [-0.4, -0.2) is 32.1 Å². The Balaban J connectivity index is 1.30. The van der Waals surface area contributed by atoms with E-state index in [0.29, 0.717) is 19.1 Å². The molecule has 4 rings (SSSR count). The van der Waals surface area contributed by atoms with E-state index in [2.05, 4.69) is 23.2 Å². The summed E-state index contributed by atoms with van der Waals surface area (Å²) < 4.78 is 5.75. The minimum absolute atomic E-state index is 0.0990. The van der Waals surface area contributed by atoms with Gasteiger partial charge in [-0.15, -0.1) is 0 Å². The van der Waals surface area contributed by atoms with E-state index < -0.39 is 0 Å². The van der Waals surface area contributed by atoms with Gasteiger partial charge in [0.1, 0.15) is 12.4 Å². The fourth-order valence-corrected chi connectivity index (χ4v) is 4.19. The number of amides is 1. The number of aryl methyl sites for hydroxylation is 1. The Morgan fingerprint density at radius 1 is 1.30 bits per heavy atom. The summed E-state index contributed by atoms with van der Waals surface area (Å²) >= 11 is 6.16. The number of nitrogens with one attached hydrogen (secondary N) is 1. The van der Waals surface area contributed by atoms with Crippen molar-refractivity contribution >= 4 is 23.2 Å². The number of anilines is 1. The Kier molecular flexibility index (Phi) is 5.26. The number of fused-ring (bicyclic) bond motifs is 1. The molecule has 0 radical (unpaired) electrons. The predicted octanol–water partition coefficient (Wildman–Crippen LogP) is 3.84. The average molecular weight is 385 g/mol. The van der Waals surface area contributed by atoms with Crippen LogP contribution in [0.1, 0.15) is 17.5 Å². The monoisotopic (exact) mass is 384 g/mol. The molecule has 1 amide bonds. The first-order chi connectivity index (χ1) is 13.1. The molecule has 5 heteroatoms. The van der Waals surface area contributed by atoms with Crippen molar-refractivity contribution in [2.45, 2.75) is 19.8 Å². The molecule has 0 bridgehead atoms. The third-order valence-corrected chi connectivity index (χ3v) is 5.85. The SMILES string of the molecule is Cc1ccc(Cl)cc1N1CCC(CNC(=O)C2COc3ccccc3C2)C1. The van der Waals surface area contributed by atoms with Crippen LogP contribution in [0.15, 0.2) is 42.5 Å². The Morgan fingerprint density at radius 3 is 3.04 bits per heavy atom. The number of carbonyl (C=O) groups excluding carboxylic acids is 1. The molecule has 0 spiro atoms. The van der Waals surface area contributed by atoms with Gasteiger partial charge in [-0.3, -0.25) is 4.79 Å². The second-order valence-corrected chi connectivity index (χ2v) is 8.03. The van der Waals surface area contributed by atoms with E-state index >= 15 is 0 Å². The highest BCUT2D eigenvalue weighted by Gasteiger charge is 2.28. The van der Waals surface area contributed by atoms with E-state index in [9.17, 15) is 4.79 Å². The molecule has 0 saturated carbocycles. The molecule has 2 aliphatic rings. The van der Waals surface area contributed by atoms with Crippen LogP contribution in [0.2, 0.25) is 5.02 Å². The number of para-hydroxylation sites is 1. The van der Waals surface area contributed by atoms with Crippen molar-refractivity contribution in [2.24, 2.45) is 11.8 Å². The molecule has 0 aromatic heterocycles. The molecule has 2 heterocycles. The first-order valence-electron chi connectivity index (χ1n) is 9.59. The fourth-order valence-electron chi connectivity index (χ4n) is 4.03. The van der Waals surface area contributed by atoms with Gasteiger partial charge in [-0.1, -0.05) is 35.9 Å². The Hall–Kier alpha value is -2.20. The topological polar surface area (TPSA) is 41.6 Å². The smallest absolute Gasteiger partial charge is 0.226 e. The van der Waals surface area contributed by atoms with Crippen LogP contribution in [0, 0.1) is 18.8 Å². The standard InChI is InChI=1S/C22H25ClN2O2/c1-15-6-7-19(23)11-20(15)25-9-8-16(13-25)12-24-22(26)18-10-17-4-2-3-5-21(17)27-14-18/h2-7,11,16,18H,8-10,12-14H2,1H3,(H,24,26). The summed E-state index contributed by atoms with van der Waals surface area (Å²) in [5.41, 5.74) is 3.56. The number of ether oxygens (including phenoxy) is 1.